The molecule has 0 saturated heterocycles. The van der Waals surface area contributed by atoms with Crippen molar-refractivity contribution in [3.05, 3.63) is 0 Å². The summed E-state index contributed by atoms with van der Waals surface area (Å²) in [5.41, 5.74) is 4.54. The van der Waals surface area contributed by atoms with Crippen molar-refractivity contribution in [2.75, 3.05) is 0 Å². The standard InChI is InChI=1S/C3H6N2O6S2.2Na.3H2O/c4-2-1-3(5,12(6,7)8)13(9,10)11;;;;;/h1,5H2,(H,6,7,8)(H,9,10,11);;;3*1H2/q;2*+1;;;/p-2. The van der Waals surface area contributed by atoms with E-state index < -0.39 is 30.9 Å². The zero-order chi connectivity index (χ0) is 10.9. The molecule has 0 aliphatic heterocycles. The molecule has 15 heteroatoms. The maximum Gasteiger partial charge on any atom is 1.00 e. The van der Waals surface area contributed by atoms with Crippen LogP contribution in [0.1, 0.15) is 6.42 Å². The van der Waals surface area contributed by atoms with Gasteiger partial charge in [-0.3, -0.25) is 0 Å². The molecule has 0 fully saturated rings. The summed E-state index contributed by atoms with van der Waals surface area (Å²) in [4.78, 5) is 0. The molecule has 0 spiro atoms. The van der Waals surface area contributed by atoms with E-state index in [2.05, 4.69) is 5.73 Å². The van der Waals surface area contributed by atoms with Gasteiger partial charge in [0, 0.05) is 0 Å². The van der Waals surface area contributed by atoms with Crippen molar-refractivity contribution in [1.82, 2.24) is 0 Å². The van der Waals surface area contributed by atoms with Gasteiger partial charge in [-0.1, -0.05) is 0 Å². The molecule has 0 aromatic rings. The van der Waals surface area contributed by atoms with Gasteiger partial charge in [0.05, 0.1) is 12.5 Å². The van der Waals surface area contributed by atoms with E-state index in [-0.39, 0.29) is 75.5 Å². The van der Waals surface area contributed by atoms with Crippen LogP contribution in [0.2, 0.25) is 0 Å². The molecule has 11 nitrogen and oxygen atoms in total. The predicted octanol–water partition coefficient (Wildman–Crippen LogP) is -10.9. The van der Waals surface area contributed by atoms with Crippen LogP contribution in [0.3, 0.4) is 0 Å². The molecule has 0 unspecified atom stereocenters. The number of nitriles is 1. The maximum atomic E-state index is 10.3. The summed E-state index contributed by atoms with van der Waals surface area (Å²) in [6, 6.07) is 1.04. The Hall–Kier alpha value is 1.15. The Morgan fingerprint density at radius 3 is 1.28 bits per heavy atom. The normalized spacial score (nSPS) is 9.89. The molecule has 0 bridgehead atoms. The largest absolute Gasteiger partial charge is 1.00 e. The molecule has 0 heterocycles. The Labute approximate surface area is 148 Å². The van der Waals surface area contributed by atoms with Gasteiger partial charge in [0.25, 0.3) is 0 Å². The molecule has 0 amide bonds. The Bertz CT molecular complexity index is 407. The van der Waals surface area contributed by atoms with Crippen LogP contribution in [0.25, 0.3) is 0 Å². The Kier molecular flexibility index (Phi) is 24.2. The molecular formula is C3H10N2Na2O9S2. The summed E-state index contributed by atoms with van der Waals surface area (Å²) in [7, 11) is -11.2. The zero-order valence-electron chi connectivity index (χ0n) is 9.50. The van der Waals surface area contributed by atoms with E-state index in [1.54, 1.807) is 0 Å². The molecule has 0 aromatic carbocycles. The van der Waals surface area contributed by atoms with Crippen LogP contribution in [0.15, 0.2) is 0 Å². The molecule has 0 radical (unpaired) electrons. The second kappa shape index (κ2) is 11.9. The fourth-order valence-corrected chi connectivity index (χ4v) is 1.89. The van der Waals surface area contributed by atoms with Gasteiger partial charge in [0.15, 0.2) is 0 Å². The number of hydrogen-bond donors (Lipinski definition) is 1. The van der Waals surface area contributed by atoms with Gasteiger partial charge in [-0.15, -0.1) is 0 Å². The summed E-state index contributed by atoms with van der Waals surface area (Å²) < 4.78 is 58.1. The molecule has 0 aromatic heterocycles. The van der Waals surface area contributed by atoms with Crippen LogP contribution in [0.4, 0.5) is 0 Å². The van der Waals surface area contributed by atoms with Crippen molar-refractivity contribution >= 4 is 20.2 Å². The van der Waals surface area contributed by atoms with Crippen LogP contribution in [-0.2, 0) is 20.2 Å². The van der Waals surface area contributed by atoms with Gasteiger partial charge in [-0.2, -0.15) is 5.26 Å². The van der Waals surface area contributed by atoms with Crippen molar-refractivity contribution in [1.29, 1.82) is 5.26 Å². The van der Waals surface area contributed by atoms with Crippen molar-refractivity contribution in [2.24, 2.45) is 5.73 Å². The molecule has 0 saturated carbocycles. The van der Waals surface area contributed by atoms with Gasteiger partial charge >= 0.3 is 59.1 Å². The molecular weight excluding hydrogens is 318 g/mol. The summed E-state index contributed by atoms with van der Waals surface area (Å²) in [5.74, 6) is 0. The summed E-state index contributed by atoms with van der Waals surface area (Å²) in [6.45, 7) is 0. The summed E-state index contributed by atoms with van der Waals surface area (Å²) in [6.07, 6.45) is -1.40. The van der Waals surface area contributed by atoms with Crippen LogP contribution < -0.4 is 64.8 Å². The molecule has 0 aliphatic carbocycles. The Morgan fingerprint density at radius 2 is 1.22 bits per heavy atom. The average molecular weight is 328 g/mol. The van der Waals surface area contributed by atoms with E-state index in [4.69, 9.17) is 5.26 Å². The third-order valence-corrected chi connectivity index (χ3v) is 4.38. The van der Waals surface area contributed by atoms with Gasteiger partial charge in [-0.05, 0) is 0 Å². The minimum Gasteiger partial charge on any atom is -0.746 e. The smallest absolute Gasteiger partial charge is 0.746 e. The van der Waals surface area contributed by atoms with Crippen molar-refractivity contribution in [3.8, 4) is 6.07 Å². The number of nitrogens with two attached hydrogens (primary N) is 1. The second-order valence-electron chi connectivity index (χ2n) is 2.05. The van der Waals surface area contributed by atoms with Gasteiger partial charge in [0.2, 0.25) is 4.20 Å². The third-order valence-electron chi connectivity index (χ3n) is 1.17. The average Bonchev–Trinajstić information content (AvgIpc) is 1.82. The van der Waals surface area contributed by atoms with E-state index >= 15 is 0 Å². The van der Waals surface area contributed by atoms with E-state index in [1.807, 2.05) is 0 Å². The Morgan fingerprint density at radius 1 is 1.00 bits per heavy atom. The maximum absolute atomic E-state index is 10.3. The molecule has 100 valence electrons. The SMILES string of the molecule is N#CCC(N)(S(=O)(=O)[O-])S(=O)(=O)[O-].O.O.O.[Na+].[Na+]. The molecule has 8 N–H and O–H groups in total. The first kappa shape index (κ1) is 36.5. The third kappa shape index (κ3) is 8.35. The Balaban J connectivity index is -0.0000000720. The minimum atomic E-state index is -5.58. The van der Waals surface area contributed by atoms with E-state index in [0.717, 1.165) is 6.07 Å². The molecule has 18 heavy (non-hydrogen) atoms. The quantitative estimate of drug-likeness (QED) is 0.383. The van der Waals surface area contributed by atoms with E-state index in [0.29, 0.717) is 0 Å². The van der Waals surface area contributed by atoms with Crippen LogP contribution >= 0.6 is 0 Å². The first-order chi connectivity index (χ1) is 5.56. The van der Waals surface area contributed by atoms with E-state index in [9.17, 15) is 25.9 Å². The number of rotatable bonds is 3. The van der Waals surface area contributed by atoms with Crippen molar-refractivity contribution in [2.45, 2.75) is 10.6 Å². The minimum absolute atomic E-state index is 0. The molecule has 0 aliphatic rings. The fourth-order valence-electron chi connectivity index (χ4n) is 0.412. The monoisotopic (exact) mass is 328 g/mol. The fraction of sp³-hybridized carbons (Fsp3) is 0.667. The van der Waals surface area contributed by atoms with Crippen LogP contribution in [0.5, 0.6) is 0 Å². The first-order valence-electron chi connectivity index (χ1n) is 2.63. The number of hydrogen-bond acceptors (Lipinski definition) is 8. The van der Waals surface area contributed by atoms with Crippen molar-refractivity contribution < 1.29 is 101 Å². The topological polar surface area (TPSA) is 259 Å². The van der Waals surface area contributed by atoms with Gasteiger partial charge in [0.1, 0.15) is 20.2 Å². The van der Waals surface area contributed by atoms with Gasteiger partial charge in [-0.25, -0.2) is 16.8 Å². The molecule has 0 atom stereocenters. The van der Waals surface area contributed by atoms with Crippen LogP contribution in [0, 0.1) is 11.3 Å². The summed E-state index contributed by atoms with van der Waals surface area (Å²) >= 11 is 0. The zero-order valence-corrected chi connectivity index (χ0v) is 15.1. The summed E-state index contributed by atoms with van der Waals surface area (Å²) in [5, 5.41) is 7.99. The number of nitrogens with zero attached hydrogens (tertiary/aromatic N) is 1. The van der Waals surface area contributed by atoms with Gasteiger partial charge < -0.3 is 31.3 Å². The van der Waals surface area contributed by atoms with Crippen molar-refractivity contribution in [3.63, 3.8) is 0 Å². The van der Waals surface area contributed by atoms with Crippen LogP contribution in [-0.4, -0.2) is 46.6 Å². The first-order valence-corrected chi connectivity index (χ1v) is 5.44. The van der Waals surface area contributed by atoms with E-state index in [1.165, 1.54) is 0 Å². The molecule has 0 rings (SSSR count). The predicted molar refractivity (Wildman–Crippen MR) is 47.4 cm³/mol. The second-order valence-corrected chi connectivity index (χ2v) is 5.59.